The Morgan fingerprint density at radius 2 is 2.00 bits per heavy atom. The van der Waals surface area contributed by atoms with Gasteiger partial charge in [-0.3, -0.25) is 9.48 Å². The molecule has 3 rings (SSSR count). The molecule has 0 aromatic carbocycles. The Bertz CT molecular complexity index is 890. The largest absolute Gasteiger partial charge is 0.349 e. The Balaban J connectivity index is 1.64. The van der Waals surface area contributed by atoms with Gasteiger partial charge in [0.2, 0.25) is 0 Å². The van der Waals surface area contributed by atoms with Gasteiger partial charge in [-0.1, -0.05) is 13.0 Å². The van der Waals surface area contributed by atoms with Gasteiger partial charge in [-0.15, -0.1) is 0 Å². The van der Waals surface area contributed by atoms with Crippen molar-refractivity contribution in [2.75, 3.05) is 6.54 Å². The summed E-state index contributed by atoms with van der Waals surface area (Å²) in [6.45, 7) is 9.43. The van der Waals surface area contributed by atoms with Crippen molar-refractivity contribution >= 4 is 11.6 Å². The fraction of sp³-hybridized carbons (Fsp3) is 0.389. The number of aromatic nitrogens is 4. The molecule has 0 saturated carbocycles. The van der Waals surface area contributed by atoms with Crippen LogP contribution >= 0.6 is 0 Å². The molecule has 24 heavy (non-hydrogen) atoms. The van der Waals surface area contributed by atoms with E-state index in [2.05, 4.69) is 29.2 Å². The highest BCUT2D eigenvalue weighted by Gasteiger charge is 2.12. The number of hydrogen-bond acceptors (Lipinski definition) is 3. The van der Waals surface area contributed by atoms with Crippen LogP contribution in [-0.4, -0.2) is 31.6 Å². The second kappa shape index (κ2) is 6.47. The molecule has 0 bridgehead atoms. The number of pyridine rings is 1. The van der Waals surface area contributed by atoms with Crippen molar-refractivity contribution in [1.82, 2.24) is 24.5 Å². The number of fused-ring (bicyclic) bond motifs is 1. The minimum Gasteiger partial charge on any atom is -0.349 e. The van der Waals surface area contributed by atoms with Crippen LogP contribution in [0.25, 0.3) is 5.65 Å². The maximum Gasteiger partial charge on any atom is 0.271 e. The van der Waals surface area contributed by atoms with Crippen LogP contribution in [0.3, 0.4) is 0 Å². The summed E-state index contributed by atoms with van der Waals surface area (Å²) in [4.78, 5) is 16.6. The van der Waals surface area contributed by atoms with Crippen molar-refractivity contribution in [2.45, 2.75) is 40.7 Å². The molecule has 0 unspecified atom stereocenters. The van der Waals surface area contributed by atoms with E-state index in [1.54, 1.807) is 6.20 Å². The summed E-state index contributed by atoms with van der Waals surface area (Å²) >= 11 is 0. The highest BCUT2D eigenvalue weighted by molar-refractivity contribution is 5.92. The predicted octanol–water partition coefficient (Wildman–Crippen LogP) is 2.45. The van der Waals surface area contributed by atoms with Gasteiger partial charge in [-0.05, 0) is 44.4 Å². The molecular weight excluding hydrogens is 302 g/mol. The Hall–Kier alpha value is -2.63. The number of carbonyl (C=O) groups is 1. The van der Waals surface area contributed by atoms with Crippen LogP contribution in [0.1, 0.15) is 39.9 Å². The Labute approximate surface area is 141 Å². The van der Waals surface area contributed by atoms with E-state index in [9.17, 15) is 4.79 Å². The maximum atomic E-state index is 12.3. The molecule has 6 heteroatoms. The van der Waals surface area contributed by atoms with E-state index in [-0.39, 0.29) is 5.91 Å². The van der Waals surface area contributed by atoms with E-state index in [1.165, 1.54) is 11.3 Å². The van der Waals surface area contributed by atoms with E-state index in [1.807, 2.05) is 41.3 Å². The summed E-state index contributed by atoms with van der Waals surface area (Å²) in [5, 5.41) is 7.46. The van der Waals surface area contributed by atoms with Gasteiger partial charge in [-0.25, -0.2) is 4.98 Å². The second-order valence-corrected chi connectivity index (χ2v) is 6.08. The van der Waals surface area contributed by atoms with Crippen LogP contribution in [0.5, 0.6) is 0 Å². The summed E-state index contributed by atoms with van der Waals surface area (Å²) in [6, 6.07) is 3.90. The van der Waals surface area contributed by atoms with Gasteiger partial charge in [0.25, 0.3) is 5.91 Å². The highest BCUT2D eigenvalue weighted by Crippen LogP contribution is 2.13. The van der Waals surface area contributed by atoms with Gasteiger partial charge in [-0.2, -0.15) is 5.10 Å². The van der Waals surface area contributed by atoms with Crippen molar-refractivity contribution in [3.05, 3.63) is 52.7 Å². The summed E-state index contributed by atoms with van der Waals surface area (Å²) < 4.78 is 3.83. The summed E-state index contributed by atoms with van der Waals surface area (Å²) in [6.07, 6.45) is 4.70. The van der Waals surface area contributed by atoms with Crippen LogP contribution in [0, 0.1) is 20.8 Å². The zero-order valence-electron chi connectivity index (χ0n) is 14.6. The first-order valence-electron chi connectivity index (χ1n) is 8.26. The number of rotatable bonds is 5. The molecule has 6 nitrogen and oxygen atoms in total. The van der Waals surface area contributed by atoms with E-state index >= 15 is 0 Å². The lowest BCUT2D eigenvalue weighted by Crippen LogP contribution is -2.28. The van der Waals surface area contributed by atoms with E-state index in [0.717, 1.165) is 23.3 Å². The summed E-state index contributed by atoms with van der Waals surface area (Å²) in [7, 11) is 0. The molecule has 3 heterocycles. The number of hydrogen-bond donors (Lipinski definition) is 1. The summed E-state index contributed by atoms with van der Waals surface area (Å²) in [5.41, 5.74) is 5.87. The quantitative estimate of drug-likeness (QED) is 0.784. The van der Waals surface area contributed by atoms with Crippen LogP contribution in [0.2, 0.25) is 0 Å². The molecule has 0 radical (unpaired) electrons. The van der Waals surface area contributed by atoms with Crippen LogP contribution in [0.15, 0.2) is 24.5 Å². The van der Waals surface area contributed by atoms with Crippen molar-refractivity contribution < 1.29 is 4.79 Å². The van der Waals surface area contributed by atoms with Crippen LogP contribution in [-0.2, 0) is 13.0 Å². The second-order valence-electron chi connectivity index (χ2n) is 6.08. The number of imidazole rings is 1. The third-order valence-electron chi connectivity index (χ3n) is 4.33. The van der Waals surface area contributed by atoms with Crippen molar-refractivity contribution in [2.24, 2.45) is 0 Å². The van der Waals surface area contributed by atoms with Gasteiger partial charge >= 0.3 is 0 Å². The Kier molecular flexibility index (Phi) is 4.38. The molecule has 0 atom stereocenters. The third-order valence-corrected chi connectivity index (χ3v) is 4.33. The fourth-order valence-electron chi connectivity index (χ4n) is 3.04. The molecule has 0 aliphatic rings. The molecule has 0 aliphatic heterocycles. The van der Waals surface area contributed by atoms with Gasteiger partial charge in [0.1, 0.15) is 11.3 Å². The lowest BCUT2D eigenvalue weighted by molar-refractivity contribution is 0.0947. The van der Waals surface area contributed by atoms with Gasteiger partial charge in [0, 0.05) is 24.6 Å². The number of carbonyl (C=O) groups excluding carboxylic acids is 1. The Morgan fingerprint density at radius 1 is 1.21 bits per heavy atom. The first-order valence-corrected chi connectivity index (χ1v) is 8.26. The first kappa shape index (κ1) is 16.2. The van der Waals surface area contributed by atoms with E-state index in [4.69, 9.17) is 0 Å². The van der Waals surface area contributed by atoms with E-state index < -0.39 is 0 Å². The third kappa shape index (κ3) is 3.04. The zero-order valence-corrected chi connectivity index (χ0v) is 14.6. The number of nitrogens with zero attached hydrogens (tertiary/aromatic N) is 4. The van der Waals surface area contributed by atoms with Crippen molar-refractivity contribution in [3.8, 4) is 0 Å². The van der Waals surface area contributed by atoms with Crippen molar-refractivity contribution in [3.63, 3.8) is 0 Å². The summed E-state index contributed by atoms with van der Waals surface area (Å²) in [5.74, 6) is -0.159. The molecular formula is C18H23N5O. The zero-order chi connectivity index (χ0) is 17.3. The lowest BCUT2D eigenvalue weighted by Gasteiger charge is -2.06. The smallest absolute Gasteiger partial charge is 0.271 e. The van der Waals surface area contributed by atoms with Gasteiger partial charge < -0.3 is 9.72 Å². The number of amides is 1. The van der Waals surface area contributed by atoms with E-state index in [0.29, 0.717) is 18.8 Å². The monoisotopic (exact) mass is 325 g/mol. The van der Waals surface area contributed by atoms with Gasteiger partial charge in [0.15, 0.2) is 0 Å². The SMILES string of the molecule is CCc1c(C)nn(CCNC(=O)c2cn3cc(C)ccc3n2)c1C. The normalized spacial score (nSPS) is 11.2. The molecule has 0 spiro atoms. The average molecular weight is 325 g/mol. The number of aryl methyl sites for hydroxylation is 2. The van der Waals surface area contributed by atoms with Crippen molar-refractivity contribution in [1.29, 1.82) is 0 Å². The molecule has 126 valence electrons. The van der Waals surface area contributed by atoms with Crippen LogP contribution < -0.4 is 5.32 Å². The molecule has 0 fully saturated rings. The highest BCUT2D eigenvalue weighted by atomic mass is 16.1. The lowest BCUT2D eigenvalue weighted by atomic mass is 10.1. The molecule has 0 saturated heterocycles. The first-order chi connectivity index (χ1) is 11.5. The molecule has 3 aromatic rings. The fourth-order valence-corrected chi connectivity index (χ4v) is 3.04. The minimum absolute atomic E-state index is 0.159. The standard InChI is InChI=1S/C18H23N5O/c1-5-15-13(3)21-23(14(15)4)9-8-19-18(24)16-11-22-10-12(2)6-7-17(22)20-16/h6-7,10-11H,5,8-9H2,1-4H3,(H,19,24). The maximum absolute atomic E-state index is 12.3. The molecule has 0 aliphatic carbocycles. The number of nitrogens with one attached hydrogen (secondary N) is 1. The van der Waals surface area contributed by atoms with Crippen LogP contribution in [0.4, 0.5) is 0 Å². The molecule has 3 aromatic heterocycles. The van der Waals surface area contributed by atoms with Gasteiger partial charge in [0.05, 0.1) is 12.2 Å². The Morgan fingerprint density at radius 3 is 2.71 bits per heavy atom. The average Bonchev–Trinajstić information content (AvgIpc) is 3.08. The minimum atomic E-state index is -0.159. The molecule has 1 N–H and O–H groups in total. The predicted molar refractivity (Wildman–Crippen MR) is 93.3 cm³/mol. The topological polar surface area (TPSA) is 64.2 Å². The molecule has 1 amide bonds.